The summed E-state index contributed by atoms with van der Waals surface area (Å²) in [7, 11) is -2.14. The van der Waals surface area contributed by atoms with Gasteiger partial charge < -0.3 is 9.64 Å². The number of rotatable bonds is 8. The fourth-order valence-electron chi connectivity index (χ4n) is 4.00. The molecule has 1 fully saturated rings. The number of benzene rings is 2. The maximum absolute atomic E-state index is 12.6. The van der Waals surface area contributed by atoms with Crippen LogP contribution in [0.4, 0.5) is 11.5 Å². The summed E-state index contributed by atoms with van der Waals surface area (Å²) in [6.07, 6.45) is 1.57. The molecule has 0 spiro atoms. The largest absolute Gasteiger partial charge is 0.497 e. The van der Waals surface area contributed by atoms with Crippen LogP contribution in [-0.2, 0) is 16.6 Å². The molecule has 1 aliphatic heterocycles. The molecular weight excluding hydrogens is 448 g/mol. The highest BCUT2D eigenvalue weighted by Gasteiger charge is 2.19. The highest BCUT2D eigenvalue weighted by Crippen LogP contribution is 2.22. The fourth-order valence-corrected chi connectivity index (χ4v) is 5.05. The lowest BCUT2D eigenvalue weighted by atomic mass is 10.0. The van der Waals surface area contributed by atoms with Crippen molar-refractivity contribution in [2.75, 3.05) is 42.9 Å². The summed E-state index contributed by atoms with van der Waals surface area (Å²) < 4.78 is 32.9. The number of hydrogen-bond acceptors (Lipinski definition) is 6. The second-order valence-electron chi connectivity index (χ2n) is 8.85. The first-order valence-electron chi connectivity index (χ1n) is 11.5. The zero-order valence-electron chi connectivity index (χ0n) is 19.9. The minimum atomic E-state index is -3.69. The van der Waals surface area contributed by atoms with Crippen molar-refractivity contribution < 1.29 is 13.2 Å². The lowest BCUT2D eigenvalue weighted by molar-refractivity contribution is 0.249. The van der Waals surface area contributed by atoms with E-state index in [9.17, 15) is 8.42 Å². The van der Waals surface area contributed by atoms with E-state index in [2.05, 4.69) is 57.6 Å². The minimum absolute atomic E-state index is 0.173. The topological polar surface area (TPSA) is 74.8 Å². The van der Waals surface area contributed by atoms with Gasteiger partial charge >= 0.3 is 0 Å². The molecule has 2 heterocycles. The molecule has 1 saturated heterocycles. The molecule has 4 rings (SSSR count). The summed E-state index contributed by atoms with van der Waals surface area (Å²) >= 11 is 0. The molecule has 0 amide bonds. The Morgan fingerprint density at radius 1 is 0.941 bits per heavy atom. The highest BCUT2D eigenvalue weighted by molar-refractivity contribution is 7.92. The maximum Gasteiger partial charge on any atom is 0.261 e. The van der Waals surface area contributed by atoms with Gasteiger partial charge in [-0.3, -0.25) is 9.62 Å². The highest BCUT2D eigenvalue weighted by atomic mass is 32.2. The van der Waals surface area contributed by atoms with Gasteiger partial charge in [0.15, 0.2) is 0 Å². The van der Waals surface area contributed by atoms with Crippen molar-refractivity contribution >= 4 is 21.5 Å². The van der Waals surface area contributed by atoms with Gasteiger partial charge in [0.05, 0.1) is 23.9 Å². The van der Waals surface area contributed by atoms with Crippen LogP contribution in [0.2, 0.25) is 0 Å². The lowest BCUT2D eigenvalue weighted by Crippen LogP contribution is -2.46. The molecule has 0 saturated carbocycles. The summed E-state index contributed by atoms with van der Waals surface area (Å²) in [6, 6.07) is 18.8. The summed E-state index contributed by atoms with van der Waals surface area (Å²) in [5, 5.41) is 0. The number of piperazine rings is 1. The van der Waals surface area contributed by atoms with Crippen LogP contribution in [-0.4, -0.2) is 51.6 Å². The molecule has 3 aromatic rings. The number of methoxy groups -OCH3 is 1. The van der Waals surface area contributed by atoms with Crippen LogP contribution < -0.4 is 14.4 Å². The van der Waals surface area contributed by atoms with E-state index in [1.807, 2.05) is 6.07 Å². The van der Waals surface area contributed by atoms with Gasteiger partial charge in [0.1, 0.15) is 11.6 Å². The molecule has 0 atom stereocenters. The zero-order valence-corrected chi connectivity index (χ0v) is 20.8. The normalized spacial score (nSPS) is 14.9. The maximum atomic E-state index is 12.6. The number of nitrogens with zero attached hydrogens (tertiary/aromatic N) is 3. The molecule has 180 valence electrons. The molecule has 0 aliphatic carbocycles. The summed E-state index contributed by atoms with van der Waals surface area (Å²) in [4.78, 5) is 9.37. The predicted molar refractivity (Wildman–Crippen MR) is 136 cm³/mol. The molecule has 0 unspecified atom stereocenters. The third kappa shape index (κ3) is 5.87. The van der Waals surface area contributed by atoms with Crippen molar-refractivity contribution in [1.82, 2.24) is 9.88 Å². The quantitative estimate of drug-likeness (QED) is 0.517. The van der Waals surface area contributed by atoms with Gasteiger partial charge in [-0.25, -0.2) is 13.4 Å². The molecule has 7 nitrogen and oxygen atoms in total. The number of hydrogen-bond donors (Lipinski definition) is 1. The number of ether oxygens (including phenoxy) is 1. The van der Waals surface area contributed by atoms with Crippen molar-refractivity contribution in [3.8, 4) is 5.75 Å². The molecule has 0 radical (unpaired) electrons. The molecule has 8 heteroatoms. The van der Waals surface area contributed by atoms with E-state index in [0.717, 1.165) is 38.5 Å². The first kappa shape index (κ1) is 24.0. The Hall–Kier alpha value is -3.10. The van der Waals surface area contributed by atoms with E-state index in [4.69, 9.17) is 4.74 Å². The monoisotopic (exact) mass is 480 g/mol. The fraction of sp³-hybridized carbons (Fsp3) is 0.346. The van der Waals surface area contributed by atoms with Gasteiger partial charge in [-0.15, -0.1) is 0 Å². The Balaban J connectivity index is 1.31. The van der Waals surface area contributed by atoms with Crippen molar-refractivity contribution in [2.45, 2.75) is 31.2 Å². The van der Waals surface area contributed by atoms with Gasteiger partial charge in [0.2, 0.25) is 0 Å². The summed E-state index contributed by atoms with van der Waals surface area (Å²) in [6.45, 7) is 9.06. The van der Waals surface area contributed by atoms with E-state index >= 15 is 0 Å². The number of anilines is 2. The molecular formula is C26H32N4O3S. The van der Waals surface area contributed by atoms with Crippen LogP contribution in [0.25, 0.3) is 0 Å². The lowest BCUT2D eigenvalue weighted by Gasteiger charge is -2.35. The van der Waals surface area contributed by atoms with E-state index in [1.165, 1.54) is 23.3 Å². The van der Waals surface area contributed by atoms with Gasteiger partial charge in [-0.05, 0) is 53.4 Å². The van der Waals surface area contributed by atoms with Crippen molar-refractivity contribution in [3.05, 3.63) is 78.0 Å². The van der Waals surface area contributed by atoms with Crippen LogP contribution in [0.1, 0.15) is 30.9 Å². The average molecular weight is 481 g/mol. The molecule has 34 heavy (non-hydrogen) atoms. The molecule has 1 aromatic heterocycles. The molecule has 1 N–H and O–H groups in total. The molecule has 0 bridgehead atoms. The third-order valence-corrected chi connectivity index (χ3v) is 7.52. The van der Waals surface area contributed by atoms with Gasteiger partial charge in [0.25, 0.3) is 10.0 Å². The third-order valence-electron chi connectivity index (χ3n) is 6.12. The Labute approximate surface area is 202 Å². The van der Waals surface area contributed by atoms with E-state index in [1.54, 1.807) is 31.5 Å². The Kier molecular flexibility index (Phi) is 7.38. The number of pyridine rings is 1. The Bertz CT molecular complexity index is 1170. The van der Waals surface area contributed by atoms with Crippen LogP contribution in [0.5, 0.6) is 5.75 Å². The number of sulfonamides is 1. The van der Waals surface area contributed by atoms with Crippen LogP contribution >= 0.6 is 0 Å². The van der Waals surface area contributed by atoms with Crippen LogP contribution in [0.3, 0.4) is 0 Å². The standard InChI is InChI=1S/C26H32N4O3S/c1-20(2)22-6-4-21(5-7-22)19-29-14-16-30(17-15-29)26-13-8-23(18-27-26)28-34(31,32)25-11-9-24(33-3)10-12-25/h4-13,18,20,28H,14-17,19H2,1-3H3. The molecule has 2 aromatic carbocycles. The van der Waals surface area contributed by atoms with E-state index in [0.29, 0.717) is 17.4 Å². The second-order valence-corrected chi connectivity index (χ2v) is 10.5. The van der Waals surface area contributed by atoms with Crippen molar-refractivity contribution in [3.63, 3.8) is 0 Å². The molecule has 1 aliphatic rings. The van der Waals surface area contributed by atoms with E-state index in [-0.39, 0.29) is 4.90 Å². The Morgan fingerprint density at radius 3 is 2.18 bits per heavy atom. The zero-order chi connectivity index (χ0) is 24.1. The van der Waals surface area contributed by atoms with Crippen LogP contribution in [0, 0.1) is 0 Å². The number of aromatic nitrogens is 1. The van der Waals surface area contributed by atoms with E-state index < -0.39 is 10.0 Å². The summed E-state index contributed by atoms with van der Waals surface area (Å²) in [5.41, 5.74) is 3.14. The number of nitrogens with one attached hydrogen (secondary N) is 1. The second kappa shape index (κ2) is 10.4. The average Bonchev–Trinajstić information content (AvgIpc) is 2.85. The van der Waals surface area contributed by atoms with Gasteiger partial charge in [-0.2, -0.15) is 0 Å². The van der Waals surface area contributed by atoms with Crippen molar-refractivity contribution in [1.29, 1.82) is 0 Å². The first-order valence-corrected chi connectivity index (χ1v) is 13.0. The smallest absolute Gasteiger partial charge is 0.261 e. The van der Waals surface area contributed by atoms with Crippen molar-refractivity contribution in [2.24, 2.45) is 0 Å². The SMILES string of the molecule is COc1ccc(S(=O)(=O)Nc2ccc(N3CCN(Cc4ccc(C(C)C)cc4)CC3)nc2)cc1. The Morgan fingerprint density at radius 2 is 1.62 bits per heavy atom. The van der Waals surface area contributed by atoms with Crippen LogP contribution in [0.15, 0.2) is 71.8 Å². The summed E-state index contributed by atoms with van der Waals surface area (Å²) in [5.74, 6) is 2.01. The van der Waals surface area contributed by atoms with Gasteiger partial charge in [0, 0.05) is 32.7 Å². The minimum Gasteiger partial charge on any atom is -0.497 e. The predicted octanol–water partition coefficient (Wildman–Crippen LogP) is 4.34. The van der Waals surface area contributed by atoms with Gasteiger partial charge in [-0.1, -0.05) is 38.1 Å². The first-order chi connectivity index (χ1) is 16.3.